The highest BCUT2D eigenvalue weighted by Gasteiger charge is 2.36. The summed E-state index contributed by atoms with van der Waals surface area (Å²) in [5.41, 5.74) is 5.56. The topological polar surface area (TPSA) is 55.7 Å². The maximum atomic E-state index is 6.97. The molecule has 2 aliphatic rings. The normalized spacial score (nSPS) is 20.4. The summed E-state index contributed by atoms with van der Waals surface area (Å²) in [5, 5.41) is 4.93. The zero-order chi connectivity index (χ0) is 29.4. The minimum atomic E-state index is -0.482. The van der Waals surface area contributed by atoms with Crippen LogP contribution in [0.1, 0.15) is 72.0 Å². The summed E-state index contributed by atoms with van der Waals surface area (Å²) in [7, 11) is 1.67. The molecule has 0 fully saturated rings. The van der Waals surface area contributed by atoms with Gasteiger partial charge in [0.05, 0.1) is 12.8 Å². The van der Waals surface area contributed by atoms with E-state index in [0.717, 1.165) is 65.4 Å². The lowest BCUT2D eigenvalue weighted by Gasteiger charge is -2.34. The lowest BCUT2D eigenvalue weighted by Crippen LogP contribution is -2.36. The van der Waals surface area contributed by atoms with Crippen molar-refractivity contribution in [2.24, 2.45) is 15.6 Å². The third kappa shape index (κ3) is 7.76. The quantitative estimate of drug-likeness (QED) is 0.116. The molecular formula is C33H44ClN3O3. The number of rotatable bonds is 11. The number of unbranched alkanes of at least 4 members (excludes halogenated alkanes) is 1. The fraction of sp³-hybridized carbons (Fsp3) is 0.455. The molecule has 2 atom stereocenters. The van der Waals surface area contributed by atoms with Gasteiger partial charge in [-0.2, -0.15) is 0 Å². The van der Waals surface area contributed by atoms with Gasteiger partial charge in [0.2, 0.25) is 0 Å². The lowest BCUT2D eigenvalue weighted by atomic mass is 9.92. The number of nitrogens with zero attached hydrogens (tertiary/aromatic N) is 3. The molecule has 1 unspecified atom stereocenters. The van der Waals surface area contributed by atoms with Gasteiger partial charge in [-0.15, -0.1) is 6.58 Å². The molecule has 0 N–H and O–H groups in total. The van der Waals surface area contributed by atoms with Crippen LogP contribution in [0.3, 0.4) is 0 Å². The van der Waals surface area contributed by atoms with Gasteiger partial charge in [0.25, 0.3) is 0 Å². The molecule has 2 heterocycles. The number of hydrogen-bond acceptors (Lipinski definition) is 6. The Balaban J connectivity index is 2.14. The summed E-state index contributed by atoms with van der Waals surface area (Å²) in [6.07, 6.45) is 7.94. The molecule has 7 heteroatoms. The van der Waals surface area contributed by atoms with Crippen molar-refractivity contribution in [1.82, 2.24) is 0 Å². The van der Waals surface area contributed by atoms with E-state index in [1.165, 1.54) is 0 Å². The maximum Gasteiger partial charge on any atom is 0.170 e. The number of aliphatic imine (C=N–C) groups is 1. The summed E-state index contributed by atoms with van der Waals surface area (Å²) < 4.78 is 12.6. The predicted octanol–water partition coefficient (Wildman–Crippen LogP) is 8.73. The van der Waals surface area contributed by atoms with Crippen molar-refractivity contribution in [2.45, 2.75) is 72.5 Å². The Bertz CT molecular complexity index is 1240. The van der Waals surface area contributed by atoms with E-state index in [0.29, 0.717) is 23.9 Å². The Morgan fingerprint density at radius 3 is 2.65 bits per heavy atom. The second kappa shape index (κ2) is 14.0. The Morgan fingerprint density at radius 2 is 2.02 bits per heavy atom. The number of hydrogen-bond donors (Lipinski definition) is 0. The van der Waals surface area contributed by atoms with Crippen molar-refractivity contribution in [3.05, 3.63) is 89.4 Å². The van der Waals surface area contributed by atoms with Gasteiger partial charge in [-0.3, -0.25) is 0 Å². The molecule has 6 nitrogen and oxygen atoms in total. The molecule has 0 radical (unpaired) electrons. The molecule has 0 amide bonds. The molecule has 0 aromatic heterocycles. The van der Waals surface area contributed by atoms with Crippen molar-refractivity contribution in [2.75, 3.05) is 25.2 Å². The number of oxime groups is 1. The molecule has 2 aliphatic heterocycles. The van der Waals surface area contributed by atoms with Crippen molar-refractivity contribution in [1.29, 1.82) is 0 Å². The van der Waals surface area contributed by atoms with E-state index in [4.69, 9.17) is 30.9 Å². The average molecular weight is 566 g/mol. The van der Waals surface area contributed by atoms with E-state index < -0.39 is 12.2 Å². The van der Waals surface area contributed by atoms with Gasteiger partial charge in [0, 0.05) is 34.9 Å². The van der Waals surface area contributed by atoms with E-state index in [-0.39, 0.29) is 5.41 Å². The standard InChI is InChI=1S/C33H44ClN3O3/c1-10-13-14-15-25-20-39-36-31(35-25)19-30-23(5)37(21-33(6,7)8)28-17-16-24(34)18-27(28)32(40-30)26(11-2)22(4)29(12-3)38-9/h10-12,16-18,30,32H,1-2,5,13-15,19-21H2,3-4,6-9H3/b26-22+,29-12+/t30-,32?/m1/s1. The Labute approximate surface area is 245 Å². The predicted molar refractivity (Wildman–Crippen MR) is 168 cm³/mol. The van der Waals surface area contributed by atoms with E-state index in [1.807, 2.05) is 50.3 Å². The van der Waals surface area contributed by atoms with Gasteiger partial charge < -0.3 is 19.2 Å². The Kier molecular flexibility index (Phi) is 11.0. The van der Waals surface area contributed by atoms with Crippen molar-refractivity contribution in [3.8, 4) is 0 Å². The second-order valence-corrected chi connectivity index (χ2v) is 11.8. The molecule has 1 aromatic carbocycles. The summed E-state index contributed by atoms with van der Waals surface area (Å²) in [5.74, 6) is 1.35. The van der Waals surface area contributed by atoms with Crippen LogP contribution in [0.4, 0.5) is 5.69 Å². The Hall–Kier alpha value is -3.09. The van der Waals surface area contributed by atoms with Crippen LogP contribution in [0, 0.1) is 5.41 Å². The van der Waals surface area contributed by atoms with Gasteiger partial charge in [-0.05, 0) is 73.9 Å². The van der Waals surface area contributed by atoms with Crippen LogP contribution in [0.5, 0.6) is 0 Å². The minimum Gasteiger partial charge on any atom is -0.497 e. The number of benzene rings is 1. The van der Waals surface area contributed by atoms with Crippen LogP contribution >= 0.6 is 11.6 Å². The zero-order valence-electron chi connectivity index (χ0n) is 24.9. The molecule has 0 saturated heterocycles. The Morgan fingerprint density at radius 1 is 1.27 bits per heavy atom. The highest BCUT2D eigenvalue weighted by atomic mass is 35.5. The summed E-state index contributed by atoms with van der Waals surface area (Å²) in [6, 6.07) is 5.94. The zero-order valence-corrected chi connectivity index (χ0v) is 25.7. The summed E-state index contributed by atoms with van der Waals surface area (Å²) in [4.78, 5) is 12.7. The molecule has 3 rings (SSSR count). The third-order valence-corrected chi connectivity index (χ3v) is 7.17. The van der Waals surface area contributed by atoms with Crippen LogP contribution in [0.25, 0.3) is 0 Å². The largest absolute Gasteiger partial charge is 0.497 e. The van der Waals surface area contributed by atoms with Crippen LogP contribution in [0.2, 0.25) is 5.02 Å². The molecule has 0 spiro atoms. The molecule has 0 bridgehead atoms. The first-order valence-corrected chi connectivity index (χ1v) is 14.2. The fourth-order valence-electron chi connectivity index (χ4n) is 5.02. The molecule has 0 aliphatic carbocycles. The monoisotopic (exact) mass is 565 g/mol. The fourth-order valence-corrected chi connectivity index (χ4v) is 5.20. The van der Waals surface area contributed by atoms with Crippen LogP contribution in [0.15, 0.2) is 88.9 Å². The van der Waals surface area contributed by atoms with E-state index in [2.05, 4.69) is 50.6 Å². The molecule has 40 heavy (non-hydrogen) atoms. The number of halogens is 1. The van der Waals surface area contributed by atoms with Crippen molar-refractivity contribution in [3.63, 3.8) is 0 Å². The SMILES string of the molecule is C=CCCCC1=NC(C[C@H]2OC(/C(C=C)=C(C)/C(=C\C)OC)c3cc(Cl)ccc3N(CC(C)(C)C)C2=C)=NOC1. The molecule has 1 aromatic rings. The first-order valence-electron chi connectivity index (χ1n) is 13.8. The third-order valence-electron chi connectivity index (χ3n) is 6.93. The van der Waals surface area contributed by atoms with Gasteiger partial charge in [-0.1, -0.05) is 62.8 Å². The van der Waals surface area contributed by atoms with Gasteiger partial charge in [-0.25, -0.2) is 4.99 Å². The van der Waals surface area contributed by atoms with Crippen LogP contribution < -0.4 is 4.90 Å². The first kappa shape index (κ1) is 31.4. The first-order chi connectivity index (χ1) is 19.0. The molecule has 0 saturated carbocycles. The van der Waals surface area contributed by atoms with Crippen molar-refractivity contribution >= 4 is 28.8 Å². The maximum absolute atomic E-state index is 6.97. The number of methoxy groups -OCH3 is 1. The van der Waals surface area contributed by atoms with Crippen molar-refractivity contribution < 1.29 is 14.3 Å². The average Bonchev–Trinajstić information content (AvgIpc) is 3.00. The number of allylic oxidation sites excluding steroid dienone is 3. The van der Waals surface area contributed by atoms with Crippen LogP contribution in [-0.4, -0.2) is 37.9 Å². The summed E-state index contributed by atoms with van der Waals surface area (Å²) in [6.45, 7) is 24.3. The lowest BCUT2D eigenvalue weighted by molar-refractivity contribution is 0.0342. The van der Waals surface area contributed by atoms with Gasteiger partial charge >= 0.3 is 0 Å². The van der Waals surface area contributed by atoms with Gasteiger partial charge in [0.1, 0.15) is 18.0 Å². The number of ether oxygens (including phenoxy) is 2. The number of amidine groups is 1. The minimum absolute atomic E-state index is 0.0205. The second-order valence-electron chi connectivity index (χ2n) is 11.3. The van der Waals surface area contributed by atoms with E-state index in [9.17, 15) is 0 Å². The van der Waals surface area contributed by atoms with Crippen LogP contribution in [-0.2, 0) is 14.3 Å². The summed E-state index contributed by atoms with van der Waals surface area (Å²) >= 11 is 6.58. The highest BCUT2D eigenvalue weighted by molar-refractivity contribution is 6.30. The van der Waals surface area contributed by atoms with Gasteiger partial charge in [0.15, 0.2) is 12.4 Å². The smallest absolute Gasteiger partial charge is 0.170 e. The molecular weight excluding hydrogens is 522 g/mol. The van der Waals surface area contributed by atoms with E-state index in [1.54, 1.807) is 7.11 Å². The number of anilines is 1. The van der Waals surface area contributed by atoms with E-state index >= 15 is 0 Å². The highest BCUT2D eigenvalue weighted by Crippen LogP contribution is 2.45. The molecule has 216 valence electrons. The number of fused-ring (bicyclic) bond motifs is 1.